The molecule has 0 N–H and O–H groups in total. The molecule has 1 fully saturated rings. The molecule has 5 nitrogen and oxygen atoms in total. The fraction of sp³-hybridized carbons (Fsp3) is 0.250. The highest BCUT2D eigenvalue weighted by atomic mass is 32.2. The monoisotopic (exact) mass is 468 g/mol. The van der Waals surface area contributed by atoms with Gasteiger partial charge in [0.2, 0.25) is 0 Å². The molecule has 3 aromatic carbocycles. The summed E-state index contributed by atoms with van der Waals surface area (Å²) >= 11 is 1.83. The Hall–Kier alpha value is -3.22. The number of anilines is 3. The van der Waals surface area contributed by atoms with Gasteiger partial charge in [0.25, 0.3) is 0 Å². The zero-order valence-electron chi connectivity index (χ0n) is 19.4. The van der Waals surface area contributed by atoms with Crippen molar-refractivity contribution >= 4 is 39.9 Å². The van der Waals surface area contributed by atoms with E-state index in [0.29, 0.717) is 0 Å². The molecule has 0 atom stereocenters. The number of ether oxygens (including phenoxy) is 1. The van der Waals surface area contributed by atoms with Crippen LogP contribution in [0.25, 0.3) is 10.9 Å². The van der Waals surface area contributed by atoms with E-state index in [1.807, 2.05) is 23.9 Å². The summed E-state index contributed by atoms with van der Waals surface area (Å²) in [5, 5.41) is 1.19. The first kappa shape index (κ1) is 21.3. The van der Waals surface area contributed by atoms with Crippen molar-refractivity contribution in [3.63, 3.8) is 0 Å². The lowest BCUT2D eigenvalue weighted by molar-refractivity contribution is 0.263. The third-order valence-electron chi connectivity index (χ3n) is 6.74. The van der Waals surface area contributed by atoms with Gasteiger partial charge >= 0.3 is 0 Å². The van der Waals surface area contributed by atoms with Gasteiger partial charge in [-0.15, -0.1) is 0 Å². The van der Waals surface area contributed by atoms with Crippen LogP contribution in [-0.4, -0.2) is 56.3 Å². The normalized spacial score (nSPS) is 15.8. The number of nitrogens with zero attached hydrogens (tertiary/aromatic N) is 4. The Morgan fingerprint density at radius 1 is 0.794 bits per heavy atom. The number of benzene rings is 3. The van der Waals surface area contributed by atoms with E-state index in [0.717, 1.165) is 56.4 Å². The number of piperazine rings is 1. The van der Waals surface area contributed by atoms with Gasteiger partial charge in [-0.05, 0) is 36.4 Å². The Morgan fingerprint density at radius 3 is 2.38 bits per heavy atom. The van der Waals surface area contributed by atoms with Gasteiger partial charge in [0, 0.05) is 49.6 Å². The zero-order chi connectivity index (χ0) is 22.9. The summed E-state index contributed by atoms with van der Waals surface area (Å²) in [5.41, 5.74) is 3.50. The van der Waals surface area contributed by atoms with Crippen LogP contribution in [0.5, 0.6) is 5.75 Å². The molecule has 2 aliphatic rings. The summed E-state index contributed by atoms with van der Waals surface area (Å²) in [5.74, 6) is 2.03. The second-order valence-electron chi connectivity index (χ2n) is 8.72. The van der Waals surface area contributed by atoms with Crippen LogP contribution in [0.2, 0.25) is 0 Å². The molecule has 0 saturated carbocycles. The minimum absolute atomic E-state index is 0.921. The Kier molecular flexibility index (Phi) is 5.77. The fourth-order valence-electron chi connectivity index (χ4n) is 4.93. The highest BCUT2D eigenvalue weighted by Gasteiger charge is 2.26. The van der Waals surface area contributed by atoms with E-state index in [4.69, 9.17) is 9.72 Å². The first-order valence-corrected chi connectivity index (χ1v) is 12.7. The van der Waals surface area contributed by atoms with E-state index in [-0.39, 0.29) is 0 Å². The highest BCUT2D eigenvalue weighted by Crippen LogP contribution is 2.47. The molecule has 2 aliphatic heterocycles. The molecule has 172 valence electrons. The molecule has 0 bridgehead atoms. The standard InChI is InChI=1S/C28H28N4OS/c1-33-25-12-6-4-10-23(25)31-17-14-30(15-18-31)16-19-32-24-11-5-7-13-26(24)34-27-20-21-8-2-3-9-22(21)29-28(27)32/h2-13,20H,14-19H2,1H3. The molecule has 0 radical (unpaired) electrons. The Labute approximate surface area is 205 Å². The van der Waals surface area contributed by atoms with E-state index in [1.165, 1.54) is 26.6 Å². The Balaban J connectivity index is 1.20. The summed E-state index contributed by atoms with van der Waals surface area (Å²) in [4.78, 5) is 15.0. The topological polar surface area (TPSA) is 31.8 Å². The number of para-hydroxylation sites is 4. The van der Waals surface area contributed by atoms with Gasteiger partial charge in [0.1, 0.15) is 11.6 Å². The predicted molar refractivity (Wildman–Crippen MR) is 141 cm³/mol. The van der Waals surface area contributed by atoms with Crippen molar-refractivity contribution in [1.29, 1.82) is 0 Å². The van der Waals surface area contributed by atoms with Crippen LogP contribution < -0.4 is 14.5 Å². The van der Waals surface area contributed by atoms with Crippen molar-refractivity contribution in [3.05, 3.63) is 78.9 Å². The number of aromatic nitrogens is 1. The van der Waals surface area contributed by atoms with Gasteiger partial charge in [-0.3, -0.25) is 4.90 Å². The fourth-order valence-corrected chi connectivity index (χ4v) is 6.02. The number of pyridine rings is 1. The molecule has 6 rings (SSSR count). The van der Waals surface area contributed by atoms with Gasteiger partial charge in [0.15, 0.2) is 0 Å². The van der Waals surface area contributed by atoms with Gasteiger partial charge in [0.05, 0.1) is 28.9 Å². The van der Waals surface area contributed by atoms with Crippen molar-refractivity contribution in [3.8, 4) is 5.75 Å². The quantitative estimate of drug-likeness (QED) is 0.375. The number of rotatable bonds is 5. The maximum Gasteiger partial charge on any atom is 0.147 e. The van der Waals surface area contributed by atoms with Crippen LogP contribution in [0.4, 0.5) is 17.2 Å². The number of methoxy groups -OCH3 is 1. The summed E-state index contributed by atoms with van der Waals surface area (Å²) in [6.07, 6.45) is 0. The second-order valence-corrected chi connectivity index (χ2v) is 9.81. The Morgan fingerprint density at radius 2 is 1.53 bits per heavy atom. The predicted octanol–water partition coefficient (Wildman–Crippen LogP) is 5.67. The van der Waals surface area contributed by atoms with Gasteiger partial charge in [-0.1, -0.05) is 54.2 Å². The SMILES string of the molecule is COc1ccccc1N1CCN(CCN2c3ccccc3Sc3cc4ccccc4nc32)CC1. The van der Waals surface area contributed by atoms with Crippen molar-refractivity contribution < 1.29 is 4.74 Å². The maximum absolute atomic E-state index is 5.58. The molecule has 0 unspecified atom stereocenters. The molecule has 4 aromatic rings. The van der Waals surface area contributed by atoms with Gasteiger partial charge < -0.3 is 14.5 Å². The number of hydrogen-bond acceptors (Lipinski definition) is 6. The van der Waals surface area contributed by atoms with Gasteiger partial charge in [-0.2, -0.15) is 0 Å². The van der Waals surface area contributed by atoms with E-state index >= 15 is 0 Å². The number of hydrogen-bond donors (Lipinski definition) is 0. The first-order valence-electron chi connectivity index (χ1n) is 11.8. The minimum atomic E-state index is 0.921. The first-order chi connectivity index (χ1) is 16.8. The van der Waals surface area contributed by atoms with Crippen LogP contribution in [0.3, 0.4) is 0 Å². The lowest BCUT2D eigenvalue weighted by atomic mass is 10.2. The summed E-state index contributed by atoms with van der Waals surface area (Å²) in [6.45, 7) is 6.02. The molecule has 0 aliphatic carbocycles. The lowest BCUT2D eigenvalue weighted by Gasteiger charge is -2.38. The molecular formula is C28H28N4OS. The van der Waals surface area contributed by atoms with Crippen LogP contribution >= 0.6 is 11.8 Å². The number of fused-ring (bicyclic) bond motifs is 3. The second kappa shape index (κ2) is 9.20. The lowest BCUT2D eigenvalue weighted by Crippen LogP contribution is -2.48. The highest BCUT2D eigenvalue weighted by molar-refractivity contribution is 7.99. The van der Waals surface area contributed by atoms with E-state index in [2.05, 4.69) is 81.4 Å². The minimum Gasteiger partial charge on any atom is -0.495 e. The third kappa shape index (κ3) is 3.97. The van der Waals surface area contributed by atoms with E-state index in [1.54, 1.807) is 7.11 Å². The summed E-state index contributed by atoms with van der Waals surface area (Å²) < 4.78 is 5.58. The molecule has 1 aromatic heterocycles. The smallest absolute Gasteiger partial charge is 0.147 e. The van der Waals surface area contributed by atoms with Crippen molar-refractivity contribution in [1.82, 2.24) is 9.88 Å². The maximum atomic E-state index is 5.58. The Bertz CT molecular complexity index is 1320. The van der Waals surface area contributed by atoms with Crippen molar-refractivity contribution in [2.75, 3.05) is 56.2 Å². The molecular weight excluding hydrogens is 440 g/mol. The average molecular weight is 469 g/mol. The molecule has 3 heterocycles. The third-order valence-corrected chi connectivity index (χ3v) is 7.83. The van der Waals surface area contributed by atoms with Gasteiger partial charge in [-0.25, -0.2) is 4.98 Å². The average Bonchev–Trinajstić information content (AvgIpc) is 2.90. The molecule has 0 amide bonds. The molecule has 34 heavy (non-hydrogen) atoms. The molecule has 1 saturated heterocycles. The van der Waals surface area contributed by atoms with E-state index in [9.17, 15) is 0 Å². The van der Waals surface area contributed by atoms with Crippen LogP contribution in [0, 0.1) is 0 Å². The van der Waals surface area contributed by atoms with Crippen molar-refractivity contribution in [2.45, 2.75) is 9.79 Å². The van der Waals surface area contributed by atoms with Crippen LogP contribution in [0.15, 0.2) is 88.7 Å². The van der Waals surface area contributed by atoms with Crippen molar-refractivity contribution in [2.24, 2.45) is 0 Å². The molecule has 6 heteroatoms. The summed E-state index contributed by atoms with van der Waals surface area (Å²) in [6, 6.07) is 27.7. The summed E-state index contributed by atoms with van der Waals surface area (Å²) in [7, 11) is 1.75. The van der Waals surface area contributed by atoms with Crippen LogP contribution in [-0.2, 0) is 0 Å². The zero-order valence-corrected chi connectivity index (χ0v) is 20.2. The largest absolute Gasteiger partial charge is 0.495 e. The van der Waals surface area contributed by atoms with E-state index < -0.39 is 0 Å². The van der Waals surface area contributed by atoms with Crippen LogP contribution in [0.1, 0.15) is 0 Å². The molecule has 0 spiro atoms.